The van der Waals surface area contributed by atoms with E-state index in [2.05, 4.69) is 37.7 Å². The van der Waals surface area contributed by atoms with Crippen molar-refractivity contribution in [2.24, 2.45) is 40.9 Å². The van der Waals surface area contributed by atoms with Crippen LogP contribution in [0.25, 0.3) is 0 Å². The highest BCUT2D eigenvalue weighted by Crippen LogP contribution is 2.63. The lowest BCUT2D eigenvalue weighted by atomic mass is 9.52. The Hall–Kier alpha value is -0.430. The zero-order chi connectivity index (χ0) is 24.3. The molecule has 0 radical (unpaired) electrons. The molecule has 1 saturated heterocycles. The van der Waals surface area contributed by atoms with Crippen molar-refractivity contribution in [3.8, 4) is 0 Å². The second-order valence-electron chi connectivity index (χ2n) is 13.2. The topological polar surface area (TPSA) is 67.4 Å². The van der Waals surface area contributed by atoms with Crippen molar-refractivity contribution in [2.45, 2.75) is 104 Å². The molecule has 5 nitrogen and oxygen atoms in total. The molecule has 0 aromatic carbocycles. The molecule has 5 rings (SSSR count). The molecule has 3 aliphatic carbocycles. The highest BCUT2D eigenvalue weighted by molar-refractivity contribution is 7.88. The SMILES string of the molecule is CC1=C2CC3C(CCC4CC(NS(C)(=O)=O)CCC43C)C2CCC(C)C2NCC(C)CC2OC1. The molecular formula is C28H48N2O3S. The molecule has 4 fully saturated rings. The quantitative estimate of drug-likeness (QED) is 0.539. The standard InChI is InChI=1S/C28H48N2O3S/c1-17-12-26-27(29-15-17)18(2)6-8-22-23-9-7-20-13-21(30-34(5,31)32)10-11-28(20,4)25(23)14-24(22)19(3)16-33-26/h17-18,20-23,25-27,29-30H,6-16H2,1-5H3. The van der Waals surface area contributed by atoms with Gasteiger partial charge >= 0.3 is 0 Å². The first-order valence-electron chi connectivity index (χ1n) is 14.1. The highest BCUT2D eigenvalue weighted by Gasteiger charge is 2.56. The Morgan fingerprint density at radius 1 is 1.09 bits per heavy atom. The van der Waals surface area contributed by atoms with Crippen molar-refractivity contribution in [1.82, 2.24) is 10.0 Å². The third kappa shape index (κ3) is 4.78. The summed E-state index contributed by atoms with van der Waals surface area (Å²) in [6.07, 6.45) is 12.4. The molecule has 2 N–H and O–H groups in total. The summed E-state index contributed by atoms with van der Waals surface area (Å²) in [7, 11) is -3.13. The van der Waals surface area contributed by atoms with E-state index in [0.717, 1.165) is 50.2 Å². The minimum atomic E-state index is -3.13. The third-order valence-electron chi connectivity index (χ3n) is 10.9. The van der Waals surface area contributed by atoms with E-state index in [0.29, 0.717) is 35.3 Å². The van der Waals surface area contributed by atoms with Crippen LogP contribution in [0.4, 0.5) is 0 Å². The van der Waals surface area contributed by atoms with Crippen molar-refractivity contribution < 1.29 is 13.2 Å². The smallest absolute Gasteiger partial charge is 0.208 e. The fourth-order valence-corrected chi connectivity index (χ4v) is 9.84. The monoisotopic (exact) mass is 492 g/mol. The number of hydrogen-bond acceptors (Lipinski definition) is 4. The van der Waals surface area contributed by atoms with Crippen LogP contribution in [0.15, 0.2) is 11.1 Å². The van der Waals surface area contributed by atoms with Gasteiger partial charge in [0, 0.05) is 12.1 Å². The van der Waals surface area contributed by atoms with Crippen LogP contribution in [0.5, 0.6) is 0 Å². The van der Waals surface area contributed by atoms with E-state index in [9.17, 15) is 8.42 Å². The van der Waals surface area contributed by atoms with Gasteiger partial charge in [-0.2, -0.15) is 0 Å². The van der Waals surface area contributed by atoms with E-state index in [1.165, 1.54) is 50.4 Å². The van der Waals surface area contributed by atoms with E-state index >= 15 is 0 Å². The number of allylic oxidation sites excluding steroid dienone is 1. The maximum absolute atomic E-state index is 11.9. The Labute approximate surface area is 208 Å². The van der Waals surface area contributed by atoms with Crippen LogP contribution in [-0.2, 0) is 14.8 Å². The number of piperidine rings is 1. The minimum absolute atomic E-state index is 0.125. The molecule has 0 spiro atoms. The fraction of sp³-hybridized carbons (Fsp3) is 0.929. The number of nitrogens with one attached hydrogen (secondary N) is 2. The summed E-state index contributed by atoms with van der Waals surface area (Å²) >= 11 is 0. The molecule has 194 valence electrons. The Kier molecular flexibility index (Phi) is 7.02. The van der Waals surface area contributed by atoms with Gasteiger partial charge in [0.2, 0.25) is 10.0 Å². The van der Waals surface area contributed by atoms with Crippen LogP contribution in [0.3, 0.4) is 0 Å². The Morgan fingerprint density at radius 2 is 1.88 bits per heavy atom. The van der Waals surface area contributed by atoms with Gasteiger partial charge < -0.3 is 10.1 Å². The lowest BCUT2D eigenvalue weighted by molar-refractivity contribution is -0.0378. The molecule has 10 unspecified atom stereocenters. The van der Waals surface area contributed by atoms with Crippen LogP contribution >= 0.6 is 0 Å². The lowest BCUT2D eigenvalue weighted by Gasteiger charge is -2.54. The average Bonchev–Trinajstić information content (AvgIpc) is 3.15. The van der Waals surface area contributed by atoms with Gasteiger partial charge in [0.05, 0.1) is 19.0 Å². The van der Waals surface area contributed by atoms with E-state index < -0.39 is 10.0 Å². The Morgan fingerprint density at radius 3 is 2.65 bits per heavy atom. The van der Waals surface area contributed by atoms with Crippen LogP contribution in [0, 0.1) is 40.9 Å². The largest absolute Gasteiger partial charge is 0.372 e. The van der Waals surface area contributed by atoms with Gasteiger partial charge in [-0.15, -0.1) is 0 Å². The summed E-state index contributed by atoms with van der Waals surface area (Å²) < 4.78 is 33.3. The normalized spacial score (nSPS) is 47.9. The predicted molar refractivity (Wildman–Crippen MR) is 138 cm³/mol. The van der Waals surface area contributed by atoms with Crippen LogP contribution < -0.4 is 10.0 Å². The molecule has 5 aliphatic rings. The molecule has 0 amide bonds. The summed E-state index contributed by atoms with van der Waals surface area (Å²) in [5.74, 6) is 4.25. The first kappa shape index (κ1) is 25.2. The van der Waals surface area contributed by atoms with E-state index in [4.69, 9.17) is 4.74 Å². The van der Waals surface area contributed by atoms with E-state index in [-0.39, 0.29) is 6.04 Å². The minimum Gasteiger partial charge on any atom is -0.372 e. The van der Waals surface area contributed by atoms with Gasteiger partial charge in [-0.25, -0.2) is 13.1 Å². The number of fused-ring (bicyclic) bond motifs is 6. The molecule has 0 bridgehead atoms. The molecule has 0 aromatic rings. The molecule has 3 saturated carbocycles. The Bertz CT molecular complexity index is 901. The molecule has 6 heteroatoms. The fourth-order valence-electron chi connectivity index (χ4n) is 9.02. The number of sulfonamides is 1. The van der Waals surface area contributed by atoms with Crippen LogP contribution in [-0.4, -0.2) is 46.0 Å². The zero-order valence-electron chi connectivity index (χ0n) is 22.1. The highest BCUT2D eigenvalue weighted by atomic mass is 32.2. The first-order valence-corrected chi connectivity index (χ1v) is 15.9. The van der Waals surface area contributed by atoms with E-state index in [1.807, 2.05) is 0 Å². The molecule has 10 atom stereocenters. The van der Waals surface area contributed by atoms with Gasteiger partial charge in [0.15, 0.2) is 0 Å². The third-order valence-corrected chi connectivity index (χ3v) is 11.6. The maximum Gasteiger partial charge on any atom is 0.208 e. The van der Waals surface area contributed by atoms with Crippen LogP contribution in [0.2, 0.25) is 0 Å². The summed E-state index contributed by atoms with van der Waals surface area (Å²) in [5.41, 5.74) is 3.59. The molecule has 34 heavy (non-hydrogen) atoms. The van der Waals surface area contributed by atoms with Crippen molar-refractivity contribution in [3.05, 3.63) is 11.1 Å². The molecule has 0 aromatic heterocycles. The number of hydrogen-bond donors (Lipinski definition) is 2. The summed E-state index contributed by atoms with van der Waals surface area (Å²) in [4.78, 5) is 0. The van der Waals surface area contributed by atoms with E-state index in [1.54, 1.807) is 5.57 Å². The first-order chi connectivity index (χ1) is 16.0. The second kappa shape index (κ2) is 9.46. The second-order valence-corrected chi connectivity index (χ2v) is 15.0. The number of rotatable bonds is 2. The summed E-state index contributed by atoms with van der Waals surface area (Å²) in [6, 6.07) is 0.619. The van der Waals surface area contributed by atoms with Crippen molar-refractivity contribution in [1.29, 1.82) is 0 Å². The van der Waals surface area contributed by atoms with Gasteiger partial charge in [-0.3, -0.25) is 0 Å². The molecule has 2 aliphatic heterocycles. The van der Waals surface area contributed by atoms with Gasteiger partial charge in [0.25, 0.3) is 0 Å². The van der Waals surface area contributed by atoms with Gasteiger partial charge in [-0.05, 0) is 118 Å². The maximum atomic E-state index is 11.9. The predicted octanol–water partition coefficient (Wildman–Crippen LogP) is 4.89. The van der Waals surface area contributed by atoms with Crippen molar-refractivity contribution in [3.63, 3.8) is 0 Å². The summed E-state index contributed by atoms with van der Waals surface area (Å²) in [6.45, 7) is 11.6. The van der Waals surface area contributed by atoms with Gasteiger partial charge in [0.1, 0.15) is 0 Å². The molecular weight excluding hydrogens is 444 g/mol. The molecule has 2 heterocycles. The lowest BCUT2D eigenvalue weighted by Crippen LogP contribution is -2.52. The van der Waals surface area contributed by atoms with Crippen molar-refractivity contribution >= 4 is 10.0 Å². The van der Waals surface area contributed by atoms with Crippen LogP contribution in [0.1, 0.15) is 85.5 Å². The summed E-state index contributed by atoms with van der Waals surface area (Å²) in [5, 5.41) is 3.84. The Balaban J connectivity index is 1.36. The van der Waals surface area contributed by atoms with Crippen molar-refractivity contribution in [2.75, 3.05) is 19.4 Å². The average molecular weight is 493 g/mol. The van der Waals surface area contributed by atoms with Gasteiger partial charge in [-0.1, -0.05) is 26.3 Å². The number of ether oxygens (including phenoxy) is 1. The zero-order valence-corrected chi connectivity index (χ0v) is 22.9.